The molecule has 0 spiro atoms. The molecule has 4 aliphatic rings. The molecule has 13 heavy (non-hydrogen) atoms. The Hall–Kier alpha value is 0.580. The highest BCUT2D eigenvalue weighted by molar-refractivity contribution is 6.24. The van der Waals surface area contributed by atoms with Crippen molar-refractivity contribution in [1.29, 1.82) is 0 Å². The van der Waals surface area contributed by atoms with E-state index < -0.39 is 0 Å². The van der Waals surface area contributed by atoms with Crippen LogP contribution in [0.15, 0.2) is 0 Å². The fourth-order valence-electron chi connectivity index (χ4n) is 4.49. The zero-order valence-electron chi connectivity index (χ0n) is 7.86. The fourth-order valence-corrected chi connectivity index (χ4v) is 5.52. The first-order valence-corrected chi connectivity index (χ1v) is 6.29. The lowest BCUT2D eigenvalue weighted by molar-refractivity contribution is -0.0258. The predicted molar refractivity (Wildman–Crippen MR) is 56.4 cm³/mol. The molecule has 74 valence electrons. The maximum Gasteiger partial charge on any atom is 0.0457 e. The van der Waals surface area contributed by atoms with Crippen LogP contribution in [0.2, 0.25) is 0 Å². The highest BCUT2D eigenvalue weighted by Crippen LogP contribution is 2.63. The first kappa shape index (κ1) is 8.85. The van der Waals surface area contributed by atoms with Gasteiger partial charge in [-0.25, -0.2) is 0 Å². The molecule has 0 aliphatic heterocycles. The van der Waals surface area contributed by atoms with E-state index in [9.17, 15) is 0 Å². The molecular formula is C11H16Cl2. The maximum atomic E-state index is 6.64. The second-order valence-electron chi connectivity index (χ2n) is 5.75. The highest BCUT2D eigenvalue weighted by atomic mass is 35.5. The number of halogens is 2. The van der Waals surface area contributed by atoms with Crippen molar-refractivity contribution >= 4 is 23.2 Å². The largest absolute Gasteiger partial charge is 0.126 e. The van der Waals surface area contributed by atoms with Crippen LogP contribution >= 0.6 is 23.2 Å². The third kappa shape index (κ3) is 1.25. The minimum atomic E-state index is 0.152. The van der Waals surface area contributed by atoms with Gasteiger partial charge in [0, 0.05) is 10.8 Å². The summed E-state index contributed by atoms with van der Waals surface area (Å²) in [6.07, 6.45) is 7.89. The van der Waals surface area contributed by atoms with Crippen molar-refractivity contribution in [2.45, 2.75) is 43.4 Å². The average Bonchev–Trinajstić information content (AvgIpc) is 1.99. The lowest BCUT2D eigenvalue weighted by atomic mass is 9.50. The Morgan fingerprint density at radius 2 is 1.69 bits per heavy atom. The maximum absolute atomic E-state index is 6.64. The molecule has 2 unspecified atom stereocenters. The number of hydrogen-bond donors (Lipinski definition) is 0. The molecule has 4 aliphatic carbocycles. The molecule has 4 bridgehead atoms. The minimum Gasteiger partial charge on any atom is -0.126 e. The zero-order valence-corrected chi connectivity index (χ0v) is 9.37. The second-order valence-corrected chi connectivity index (χ2v) is 6.81. The summed E-state index contributed by atoms with van der Waals surface area (Å²) in [6, 6.07) is 0. The third-order valence-electron chi connectivity index (χ3n) is 4.39. The fraction of sp³-hybridized carbons (Fsp3) is 1.00. The van der Waals surface area contributed by atoms with E-state index >= 15 is 0 Å². The molecule has 0 radical (unpaired) electrons. The van der Waals surface area contributed by atoms with Gasteiger partial charge < -0.3 is 0 Å². The van der Waals surface area contributed by atoms with Crippen molar-refractivity contribution in [2.75, 3.05) is 5.88 Å². The van der Waals surface area contributed by atoms with Crippen LogP contribution in [0, 0.1) is 17.3 Å². The van der Waals surface area contributed by atoms with E-state index in [2.05, 4.69) is 0 Å². The van der Waals surface area contributed by atoms with Crippen LogP contribution in [0.4, 0.5) is 0 Å². The lowest BCUT2D eigenvalue weighted by Gasteiger charge is -2.59. The molecule has 4 rings (SSSR count). The van der Waals surface area contributed by atoms with E-state index in [-0.39, 0.29) is 4.87 Å². The van der Waals surface area contributed by atoms with Gasteiger partial charge in [-0.3, -0.25) is 0 Å². The lowest BCUT2D eigenvalue weighted by Crippen LogP contribution is -2.53. The average molecular weight is 219 g/mol. The number of hydrogen-bond acceptors (Lipinski definition) is 0. The Kier molecular flexibility index (Phi) is 1.76. The Morgan fingerprint density at radius 1 is 1.08 bits per heavy atom. The van der Waals surface area contributed by atoms with Crippen molar-refractivity contribution in [1.82, 2.24) is 0 Å². The highest BCUT2D eigenvalue weighted by Gasteiger charge is 2.56. The first-order chi connectivity index (χ1) is 6.13. The summed E-state index contributed by atoms with van der Waals surface area (Å²) in [4.78, 5) is 0.152. The van der Waals surface area contributed by atoms with Crippen LogP contribution in [0.1, 0.15) is 38.5 Å². The van der Waals surface area contributed by atoms with Crippen LogP contribution in [0.3, 0.4) is 0 Å². The minimum absolute atomic E-state index is 0.152. The standard InChI is InChI=1S/C11H16Cl2/c12-7-10-2-8-1-9(3-10)5-11(13,4-8)6-10/h8-9H,1-7H2/t8-,9+,10?,11?. The van der Waals surface area contributed by atoms with Crippen LogP contribution in [-0.2, 0) is 0 Å². The smallest absolute Gasteiger partial charge is 0.0457 e. The SMILES string of the molecule is ClCC12C[C@@H]3C[C@@H](CC(Cl)(C3)C1)C2. The van der Waals surface area contributed by atoms with Crippen LogP contribution in [0.5, 0.6) is 0 Å². The Bertz CT molecular complexity index is 222. The summed E-state index contributed by atoms with van der Waals surface area (Å²) in [5.74, 6) is 2.64. The summed E-state index contributed by atoms with van der Waals surface area (Å²) in [7, 11) is 0. The molecule has 0 aromatic heterocycles. The van der Waals surface area contributed by atoms with Gasteiger partial charge in [-0.1, -0.05) is 0 Å². The molecule has 4 saturated carbocycles. The zero-order chi connectivity index (χ0) is 9.10. The van der Waals surface area contributed by atoms with Gasteiger partial charge in [-0.15, -0.1) is 23.2 Å². The van der Waals surface area contributed by atoms with Crippen molar-refractivity contribution in [2.24, 2.45) is 17.3 Å². The Morgan fingerprint density at radius 3 is 2.15 bits per heavy atom. The molecule has 2 heteroatoms. The second kappa shape index (κ2) is 2.58. The van der Waals surface area contributed by atoms with Crippen LogP contribution < -0.4 is 0 Å². The van der Waals surface area contributed by atoms with E-state index in [1.54, 1.807) is 0 Å². The number of alkyl halides is 2. The predicted octanol–water partition coefficient (Wildman–Crippen LogP) is 3.80. The van der Waals surface area contributed by atoms with Crippen molar-refractivity contribution in [3.8, 4) is 0 Å². The van der Waals surface area contributed by atoms with Gasteiger partial charge in [0.05, 0.1) is 0 Å². The molecule has 4 fully saturated rings. The molecule has 0 saturated heterocycles. The van der Waals surface area contributed by atoms with Gasteiger partial charge in [0.25, 0.3) is 0 Å². The molecule has 0 nitrogen and oxygen atoms in total. The van der Waals surface area contributed by atoms with Crippen LogP contribution in [0.25, 0.3) is 0 Å². The summed E-state index contributed by atoms with van der Waals surface area (Å²) >= 11 is 12.8. The summed E-state index contributed by atoms with van der Waals surface area (Å²) in [5, 5.41) is 0. The van der Waals surface area contributed by atoms with Gasteiger partial charge >= 0.3 is 0 Å². The number of rotatable bonds is 1. The first-order valence-electron chi connectivity index (χ1n) is 5.38. The van der Waals surface area contributed by atoms with E-state index in [0.29, 0.717) is 5.41 Å². The Balaban J connectivity index is 1.95. The van der Waals surface area contributed by atoms with E-state index in [0.717, 1.165) is 17.7 Å². The van der Waals surface area contributed by atoms with Gasteiger partial charge in [0.15, 0.2) is 0 Å². The molecule has 0 aromatic rings. The van der Waals surface area contributed by atoms with Crippen LogP contribution in [-0.4, -0.2) is 10.8 Å². The van der Waals surface area contributed by atoms with E-state index in [1.807, 2.05) is 0 Å². The molecular weight excluding hydrogens is 203 g/mol. The van der Waals surface area contributed by atoms with Crippen molar-refractivity contribution < 1.29 is 0 Å². The molecule has 4 atom stereocenters. The topological polar surface area (TPSA) is 0 Å². The van der Waals surface area contributed by atoms with Gasteiger partial charge in [-0.2, -0.15) is 0 Å². The molecule has 0 aromatic carbocycles. The summed E-state index contributed by atoms with van der Waals surface area (Å²) in [5.41, 5.74) is 0.438. The summed E-state index contributed by atoms with van der Waals surface area (Å²) < 4.78 is 0. The van der Waals surface area contributed by atoms with Gasteiger partial charge in [0.2, 0.25) is 0 Å². The summed E-state index contributed by atoms with van der Waals surface area (Å²) in [6.45, 7) is 0. The molecule has 0 amide bonds. The Labute approximate surface area is 90.0 Å². The third-order valence-corrected chi connectivity index (χ3v) is 5.40. The monoisotopic (exact) mass is 218 g/mol. The van der Waals surface area contributed by atoms with E-state index in [1.165, 1.54) is 38.5 Å². The normalized spacial score (nSPS) is 58.6. The molecule has 0 N–H and O–H groups in total. The van der Waals surface area contributed by atoms with Gasteiger partial charge in [0.1, 0.15) is 0 Å². The van der Waals surface area contributed by atoms with Crippen molar-refractivity contribution in [3.05, 3.63) is 0 Å². The van der Waals surface area contributed by atoms with E-state index in [4.69, 9.17) is 23.2 Å². The molecule has 0 heterocycles. The van der Waals surface area contributed by atoms with Gasteiger partial charge in [-0.05, 0) is 55.8 Å². The quantitative estimate of drug-likeness (QED) is 0.588. The van der Waals surface area contributed by atoms with Crippen molar-refractivity contribution in [3.63, 3.8) is 0 Å².